The Balaban J connectivity index is 1.67. The highest BCUT2D eigenvalue weighted by Gasteiger charge is 2.17. The number of nitrogens with one attached hydrogen (secondary N) is 2. The van der Waals surface area contributed by atoms with E-state index in [0.29, 0.717) is 39.2 Å². The standard InChI is InChI=1S/C23H23ClN2O6S/c1-15-11-17(33(28,29)26-16-7-5-4-6-8-16)9-10-20(15)32-14-23(27)25-19-13-21(30-2)18(24)12-22(19)31-3/h4-13,26H,14H2,1-3H3,(H,25,27). The molecule has 1 amide bonds. The van der Waals surface area contributed by atoms with E-state index >= 15 is 0 Å². The molecule has 0 aliphatic rings. The first-order valence-corrected chi connectivity index (χ1v) is 11.6. The molecule has 0 aliphatic heterocycles. The van der Waals surface area contributed by atoms with Crippen LogP contribution in [-0.4, -0.2) is 35.2 Å². The number of halogens is 1. The Morgan fingerprint density at radius 3 is 2.27 bits per heavy atom. The average Bonchev–Trinajstić information content (AvgIpc) is 2.79. The van der Waals surface area contributed by atoms with Gasteiger partial charge in [0.15, 0.2) is 6.61 Å². The van der Waals surface area contributed by atoms with Crippen LogP contribution in [0.1, 0.15) is 5.56 Å². The summed E-state index contributed by atoms with van der Waals surface area (Å²) in [6.45, 7) is 1.39. The van der Waals surface area contributed by atoms with Crippen molar-refractivity contribution in [2.75, 3.05) is 30.9 Å². The van der Waals surface area contributed by atoms with Gasteiger partial charge in [0, 0.05) is 17.8 Å². The number of methoxy groups -OCH3 is 2. The first-order chi connectivity index (χ1) is 15.7. The van der Waals surface area contributed by atoms with E-state index in [-0.39, 0.29) is 11.5 Å². The van der Waals surface area contributed by atoms with Crippen molar-refractivity contribution in [3.05, 3.63) is 71.2 Å². The Morgan fingerprint density at radius 2 is 1.64 bits per heavy atom. The Labute approximate surface area is 197 Å². The first kappa shape index (κ1) is 24.2. The molecule has 0 saturated carbocycles. The highest BCUT2D eigenvalue weighted by Crippen LogP contribution is 2.35. The van der Waals surface area contributed by atoms with Crippen LogP contribution < -0.4 is 24.2 Å². The molecule has 3 aromatic carbocycles. The van der Waals surface area contributed by atoms with Crippen molar-refractivity contribution in [3.63, 3.8) is 0 Å². The van der Waals surface area contributed by atoms with Crippen LogP contribution in [0.15, 0.2) is 65.6 Å². The summed E-state index contributed by atoms with van der Waals surface area (Å²) in [5.41, 5.74) is 1.39. The molecule has 0 bridgehead atoms. The highest BCUT2D eigenvalue weighted by molar-refractivity contribution is 7.92. The maximum absolute atomic E-state index is 12.6. The van der Waals surface area contributed by atoms with Gasteiger partial charge in [-0.05, 0) is 42.8 Å². The van der Waals surface area contributed by atoms with Crippen molar-refractivity contribution in [1.29, 1.82) is 0 Å². The fourth-order valence-electron chi connectivity index (χ4n) is 2.96. The minimum atomic E-state index is -3.76. The number of ether oxygens (including phenoxy) is 3. The third-order valence-corrected chi connectivity index (χ3v) is 6.26. The third-order valence-electron chi connectivity index (χ3n) is 4.59. The van der Waals surface area contributed by atoms with E-state index in [1.807, 2.05) is 0 Å². The Bertz CT molecular complexity index is 1250. The molecule has 3 rings (SSSR count). The number of hydrogen-bond donors (Lipinski definition) is 2. The zero-order valence-electron chi connectivity index (χ0n) is 18.2. The van der Waals surface area contributed by atoms with E-state index in [2.05, 4.69) is 10.0 Å². The summed E-state index contributed by atoms with van der Waals surface area (Å²) in [7, 11) is -0.847. The lowest BCUT2D eigenvalue weighted by Crippen LogP contribution is -2.21. The zero-order chi connectivity index (χ0) is 24.0. The number of anilines is 2. The second-order valence-corrected chi connectivity index (χ2v) is 9.01. The summed E-state index contributed by atoms with van der Waals surface area (Å²) >= 11 is 6.08. The second-order valence-electron chi connectivity index (χ2n) is 6.92. The maximum atomic E-state index is 12.6. The van der Waals surface area contributed by atoms with Crippen molar-refractivity contribution in [3.8, 4) is 17.2 Å². The van der Waals surface area contributed by atoms with Crippen molar-refractivity contribution >= 4 is 38.9 Å². The Hall–Kier alpha value is -3.43. The molecular formula is C23H23ClN2O6S. The number of carbonyl (C=O) groups excluding carboxylic acids is 1. The molecule has 8 nitrogen and oxygen atoms in total. The van der Waals surface area contributed by atoms with Gasteiger partial charge in [0.05, 0.1) is 29.8 Å². The Morgan fingerprint density at radius 1 is 0.939 bits per heavy atom. The quantitative estimate of drug-likeness (QED) is 0.458. The van der Waals surface area contributed by atoms with E-state index < -0.39 is 15.9 Å². The van der Waals surface area contributed by atoms with Crippen molar-refractivity contribution in [2.45, 2.75) is 11.8 Å². The molecule has 174 valence electrons. The van der Waals surface area contributed by atoms with Gasteiger partial charge in [-0.1, -0.05) is 29.8 Å². The molecule has 0 heterocycles. The molecule has 10 heteroatoms. The largest absolute Gasteiger partial charge is 0.495 e. The van der Waals surface area contributed by atoms with E-state index in [4.69, 9.17) is 25.8 Å². The summed E-state index contributed by atoms with van der Waals surface area (Å²) in [6, 6.07) is 16.1. The van der Waals surface area contributed by atoms with Crippen LogP contribution in [-0.2, 0) is 14.8 Å². The van der Waals surface area contributed by atoms with Crippen LogP contribution in [0.2, 0.25) is 5.02 Å². The van der Waals surface area contributed by atoms with E-state index in [1.54, 1.807) is 43.3 Å². The maximum Gasteiger partial charge on any atom is 0.262 e. The van der Waals surface area contributed by atoms with Gasteiger partial charge >= 0.3 is 0 Å². The van der Waals surface area contributed by atoms with Crippen LogP contribution in [0.3, 0.4) is 0 Å². The van der Waals surface area contributed by atoms with Crippen molar-refractivity contribution < 1.29 is 27.4 Å². The molecule has 2 N–H and O–H groups in total. The normalized spacial score (nSPS) is 10.9. The lowest BCUT2D eigenvalue weighted by Gasteiger charge is -2.14. The predicted octanol–water partition coefficient (Wildman–Crippen LogP) is 4.48. The SMILES string of the molecule is COc1cc(NC(=O)COc2ccc(S(=O)(=O)Nc3ccccc3)cc2C)c(OC)cc1Cl. The van der Waals surface area contributed by atoms with Crippen LogP contribution >= 0.6 is 11.6 Å². The molecular weight excluding hydrogens is 468 g/mol. The number of para-hydroxylation sites is 1. The fraction of sp³-hybridized carbons (Fsp3) is 0.174. The molecule has 0 saturated heterocycles. The van der Waals surface area contributed by atoms with E-state index in [9.17, 15) is 13.2 Å². The molecule has 0 unspecified atom stereocenters. The number of hydrogen-bond acceptors (Lipinski definition) is 6. The summed E-state index contributed by atoms with van der Waals surface area (Å²) in [6.07, 6.45) is 0. The third kappa shape index (κ3) is 6.09. The lowest BCUT2D eigenvalue weighted by molar-refractivity contribution is -0.118. The topological polar surface area (TPSA) is 103 Å². The molecule has 0 aliphatic carbocycles. The van der Waals surface area contributed by atoms with Gasteiger partial charge in [0.1, 0.15) is 17.2 Å². The predicted molar refractivity (Wildman–Crippen MR) is 127 cm³/mol. The number of rotatable bonds is 9. The van der Waals surface area contributed by atoms with Crippen LogP contribution in [0.25, 0.3) is 0 Å². The number of aryl methyl sites for hydroxylation is 1. The monoisotopic (exact) mass is 490 g/mol. The minimum absolute atomic E-state index is 0.0821. The summed E-state index contributed by atoms with van der Waals surface area (Å²) in [5, 5.41) is 3.03. The summed E-state index contributed by atoms with van der Waals surface area (Å²) in [5.74, 6) is 0.681. The molecule has 33 heavy (non-hydrogen) atoms. The molecule has 3 aromatic rings. The van der Waals surface area contributed by atoms with Gasteiger partial charge in [-0.25, -0.2) is 8.42 Å². The van der Waals surface area contributed by atoms with E-state index in [1.165, 1.54) is 38.5 Å². The number of carbonyl (C=O) groups is 1. The number of sulfonamides is 1. The minimum Gasteiger partial charge on any atom is -0.495 e. The Kier molecular flexibility index (Phi) is 7.67. The van der Waals surface area contributed by atoms with Crippen molar-refractivity contribution in [2.24, 2.45) is 0 Å². The molecule has 0 spiro atoms. The van der Waals surface area contributed by atoms with Gasteiger partial charge in [-0.15, -0.1) is 0 Å². The summed E-state index contributed by atoms with van der Waals surface area (Å²) in [4.78, 5) is 12.5. The van der Waals surface area contributed by atoms with Gasteiger partial charge in [0.25, 0.3) is 15.9 Å². The van der Waals surface area contributed by atoms with Gasteiger partial charge in [0.2, 0.25) is 0 Å². The van der Waals surface area contributed by atoms with Crippen LogP contribution in [0.5, 0.6) is 17.2 Å². The van der Waals surface area contributed by atoms with Crippen molar-refractivity contribution in [1.82, 2.24) is 0 Å². The molecule has 0 fully saturated rings. The highest BCUT2D eigenvalue weighted by atomic mass is 35.5. The lowest BCUT2D eigenvalue weighted by atomic mass is 10.2. The van der Waals surface area contributed by atoms with Crippen LogP contribution in [0.4, 0.5) is 11.4 Å². The average molecular weight is 491 g/mol. The van der Waals surface area contributed by atoms with E-state index in [0.717, 1.165) is 0 Å². The molecule has 0 aromatic heterocycles. The van der Waals surface area contributed by atoms with Gasteiger partial charge in [-0.2, -0.15) is 0 Å². The fourth-order valence-corrected chi connectivity index (χ4v) is 4.33. The summed E-state index contributed by atoms with van der Waals surface area (Å²) < 4.78 is 43.8. The molecule has 0 atom stereocenters. The number of benzene rings is 3. The van der Waals surface area contributed by atoms with Crippen LogP contribution in [0, 0.1) is 6.92 Å². The number of amides is 1. The zero-order valence-corrected chi connectivity index (χ0v) is 19.8. The second kappa shape index (κ2) is 10.5. The van der Waals surface area contributed by atoms with Gasteiger partial charge < -0.3 is 19.5 Å². The smallest absolute Gasteiger partial charge is 0.262 e. The molecule has 0 radical (unpaired) electrons. The van der Waals surface area contributed by atoms with Gasteiger partial charge in [-0.3, -0.25) is 9.52 Å². The first-order valence-electron chi connectivity index (χ1n) is 9.76.